The van der Waals surface area contributed by atoms with E-state index in [1.165, 1.54) is 0 Å². The molecule has 0 heterocycles. The number of rotatable bonds is 6. The summed E-state index contributed by atoms with van der Waals surface area (Å²) in [6.07, 6.45) is 5.30. The Morgan fingerprint density at radius 1 is 1.24 bits per heavy atom. The van der Waals surface area contributed by atoms with Crippen LogP contribution in [0.25, 0.3) is 0 Å². The van der Waals surface area contributed by atoms with Gasteiger partial charge in [-0.2, -0.15) is 0 Å². The van der Waals surface area contributed by atoms with Gasteiger partial charge in [-0.25, -0.2) is 0 Å². The smallest absolute Gasteiger partial charge is 0.306 e. The number of ether oxygens (including phenoxy) is 1. The number of hydrogen-bond donors (Lipinski definition) is 2. The standard InChI is InChI=1S/C26H34O8/c1-14-10-16-17-7-9-26(33,20(29)13-34-22(32)5-4-21(30)31)25(17,3)12-19(28)23(16)24(2)8-6-15(27)11-18(14)24/h6,8,11,14,16-17,19,23,28,33H,4-5,7,9-10,12-13H2,1-3H3,(H,30,31)/p-1/t14-,16-,17-,19-,23+,24-,25-,26-/m0/s1. The highest BCUT2D eigenvalue weighted by molar-refractivity contribution is 6.01. The highest BCUT2D eigenvalue weighted by atomic mass is 16.5. The third-order valence-corrected chi connectivity index (χ3v) is 9.33. The van der Waals surface area contributed by atoms with Gasteiger partial charge in [0.05, 0.1) is 12.5 Å². The average Bonchev–Trinajstić information content (AvgIpc) is 3.03. The van der Waals surface area contributed by atoms with E-state index in [4.69, 9.17) is 4.74 Å². The Labute approximate surface area is 199 Å². The van der Waals surface area contributed by atoms with E-state index in [-0.39, 0.29) is 42.3 Å². The number of fused-ring (bicyclic) bond motifs is 5. The van der Waals surface area contributed by atoms with E-state index in [0.717, 1.165) is 12.0 Å². The Kier molecular flexibility index (Phi) is 6.13. The molecule has 0 aromatic heterocycles. The number of carbonyl (C=O) groups is 4. The molecule has 0 unspecified atom stereocenters. The summed E-state index contributed by atoms with van der Waals surface area (Å²) in [7, 11) is 0. The van der Waals surface area contributed by atoms with E-state index in [1.54, 1.807) is 12.2 Å². The zero-order valence-corrected chi connectivity index (χ0v) is 19.9. The lowest BCUT2D eigenvalue weighted by atomic mass is 9.45. The predicted octanol–water partition coefficient (Wildman–Crippen LogP) is 0.885. The Morgan fingerprint density at radius 2 is 1.94 bits per heavy atom. The molecular weight excluding hydrogens is 440 g/mol. The van der Waals surface area contributed by atoms with Gasteiger partial charge < -0.3 is 24.9 Å². The van der Waals surface area contributed by atoms with Crippen molar-refractivity contribution in [3.05, 3.63) is 23.8 Å². The van der Waals surface area contributed by atoms with E-state index in [2.05, 4.69) is 13.8 Å². The molecule has 0 saturated heterocycles. The van der Waals surface area contributed by atoms with Crippen LogP contribution in [0.3, 0.4) is 0 Å². The molecule has 4 aliphatic carbocycles. The minimum absolute atomic E-state index is 0.0181. The van der Waals surface area contributed by atoms with E-state index in [0.29, 0.717) is 6.42 Å². The molecule has 0 aromatic rings. The van der Waals surface area contributed by atoms with Crippen LogP contribution >= 0.6 is 0 Å². The van der Waals surface area contributed by atoms with E-state index in [9.17, 15) is 34.5 Å². The van der Waals surface area contributed by atoms with Crippen molar-refractivity contribution in [2.75, 3.05) is 6.61 Å². The molecule has 0 amide bonds. The van der Waals surface area contributed by atoms with Crippen molar-refractivity contribution in [2.45, 2.75) is 71.0 Å². The zero-order chi connectivity index (χ0) is 25.1. The lowest BCUT2D eigenvalue weighted by molar-refractivity contribution is -0.305. The van der Waals surface area contributed by atoms with Gasteiger partial charge in [0.2, 0.25) is 5.78 Å². The molecule has 4 aliphatic rings. The number of hydrogen-bond acceptors (Lipinski definition) is 8. The first kappa shape index (κ1) is 24.8. The quantitative estimate of drug-likeness (QED) is 0.542. The van der Waals surface area contributed by atoms with Crippen LogP contribution in [0.2, 0.25) is 0 Å². The number of Topliss-reactive ketones (excluding diaryl/α,β-unsaturated/α-hetero) is 1. The molecule has 0 spiro atoms. The lowest BCUT2D eigenvalue weighted by Crippen LogP contribution is -2.62. The highest BCUT2D eigenvalue weighted by Crippen LogP contribution is 2.67. The molecule has 8 nitrogen and oxygen atoms in total. The van der Waals surface area contributed by atoms with Gasteiger partial charge in [-0.1, -0.05) is 32.4 Å². The highest BCUT2D eigenvalue weighted by Gasteiger charge is 2.68. The van der Waals surface area contributed by atoms with Crippen LogP contribution in [-0.4, -0.2) is 52.0 Å². The first-order valence-corrected chi connectivity index (χ1v) is 12.1. The number of carboxylic acids is 1. The summed E-state index contributed by atoms with van der Waals surface area (Å²) in [5.41, 5.74) is -2.07. The molecule has 0 aliphatic heterocycles. The molecule has 186 valence electrons. The topological polar surface area (TPSA) is 141 Å². The maximum absolute atomic E-state index is 13.1. The molecular formula is C26H33O8-. The van der Waals surface area contributed by atoms with Gasteiger partial charge in [-0.15, -0.1) is 0 Å². The van der Waals surface area contributed by atoms with Crippen LogP contribution in [-0.2, 0) is 23.9 Å². The predicted molar refractivity (Wildman–Crippen MR) is 118 cm³/mol. The molecule has 0 bridgehead atoms. The molecule has 8 heteroatoms. The SMILES string of the molecule is C[C@H]1C[C@@H]2[C@H]([C@@H](O)C[C@@]3(C)[C@H]2CC[C@]3(O)C(=O)COC(=O)CCC(=O)[O-])[C@@]2(C)C=CC(=O)C=C12. The summed E-state index contributed by atoms with van der Waals surface area (Å²) in [5, 5.41) is 33.6. The fourth-order valence-corrected chi connectivity index (χ4v) is 7.75. The summed E-state index contributed by atoms with van der Waals surface area (Å²) in [6, 6.07) is 0. The number of aliphatic hydroxyl groups excluding tert-OH is 1. The number of aliphatic hydroxyl groups is 2. The van der Waals surface area contributed by atoms with Crippen molar-refractivity contribution < 1.29 is 39.2 Å². The largest absolute Gasteiger partial charge is 0.550 e. The number of aliphatic carboxylic acids is 1. The number of carbonyl (C=O) groups excluding carboxylic acids is 4. The second-order valence-electron chi connectivity index (χ2n) is 11.1. The normalized spacial score (nSPS) is 42.8. The first-order valence-electron chi connectivity index (χ1n) is 12.1. The number of ketones is 2. The van der Waals surface area contributed by atoms with E-state index < -0.39 is 59.7 Å². The maximum Gasteiger partial charge on any atom is 0.306 e. The van der Waals surface area contributed by atoms with E-state index in [1.807, 2.05) is 13.0 Å². The molecule has 8 atom stereocenters. The molecule has 0 aromatic carbocycles. The monoisotopic (exact) mass is 473 g/mol. The summed E-state index contributed by atoms with van der Waals surface area (Å²) in [6.45, 7) is 5.36. The second kappa shape index (κ2) is 8.41. The average molecular weight is 474 g/mol. The Morgan fingerprint density at radius 3 is 2.62 bits per heavy atom. The fraction of sp³-hybridized carbons (Fsp3) is 0.692. The summed E-state index contributed by atoms with van der Waals surface area (Å²) in [4.78, 5) is 47.5. The van der Waals surface area contributed by atoms with Gasteiger partial charge in [0.25, 0.3) is 0 Å². The third kappa shape index (κ3) is 3.66. The van der Waals surface area contributed by atoms with Crippen LogP contribution in [0.15, 0.2) is 23.8 Å². The lowest BCUT2D eigenvalue weighted by Gasteiger charge is -2.60. The minimum Gasteiger partial charge on any atom is -0.550 e. The van der Waals surface area contributed by atoms with Crippen molar-refractivity contribution in [2.24, 2.45) is 34.5 Å². The second-order valence-corrected chi connectivity index (χ2v) is 11.1. The third-order valence-electron chi connectivity index (χ3n) is 9.33. The maximum atomic E-state index is 13.1. The Hall–Kier alpha value is -2.32. The number of esters is 1. The van der Waals surface area contributed by atoms with Gasteiger partial charge >= 0.3 is 5.97 Å². The molecule has 4 rings (SSSR count). The van der Waals surface area contributed by atoms with E-state index >= 15 is 0 Å². The Balaban J connectivity index is 1.56. The van der Waals surface area contributed by atoms with Crippen molar-refractivity contribution in [3.63, 3.8) is 0 Å². The fourth-order valence-electron chi connectivity index (χ4n) is 7.75. The van der Waals surface area contributed by atoms with Gasteiger partial charge in [0, 0.05) is 22.7 Å². The van der Waals surface area contributed by atoms with Crippen LogP contribution < -0.4 is 5.11 Å². The Bertz CT molecular complexity index is 981. The van der Waals surface area contributed by atoms with Gasteiger partial charge in [0.1, 0.15) is 5.60 Å². The van der Waals surface area contributed by atoms with Crippen molar-refractivity contribution in [3.8, 4) is 0 Å². The molecule has 3 saturated carbocycles. The molecule has 0 radical (unpaired) electrons. The number of allylic oxidation sites excluding steroid dienone is 4. The summed E-state index contributed by atoms with van der Waals surface area (Å²) in [5.74, 6) is -2.85. The van der Waals surface area contributed by atoms with Crippen LogP contribution in [0.5, 0.6) is 0 Å². The van der Waals surface area contributed by atoms with Crippen LogP contribution in [0.4, 0.5) is 0 Å². The molecule has 34 heavy (non-hydrogen) atoms. The minimum atomic E-state index is -1.75. The number of carboxylic acid groups (broad SMARTS) is 1. The summed E-state index contributed by atoms with van der Waals surface area (Å²) >= 11 is 0. The van der Waals surface area contributed by atoms with Crippen LogP contribution in [0.1, 0.15) is 59.3 Å². The first-order chi connectivity index (χ1) is 15.8. The van der Waals surface area contributed by atoms with Gasteiger partial charge in [0.15, 0.2) is 12.4 Å². The summed E-state index contributed by atoms with van der Waals surface area (Å²) < 4.78 is 4.95. The van der Waals surface area contributed by atoms with Crippen molar-refractivity contribution in [1.82, 2.24) is 0 Å². The van der Waals surface area contributed by atoms with Gasteiger partial charge in [-0.05, 0) is 62.0 Å². The van der Waals surface area contributed by atoms with Gasteiger partial charge in [-0.3, -0.25) is 14.4 Å². The molecule has 3 fully saturated rings. The van der Waals surface area contributed by atoms with Crippen molar-refractivity contribution in [1.29, 1.82) is 0 Å². The molecule has 2 N–H and O–H groups in total. The van der Waals surface area contributed by atoms with Crippen LogP contribution in [0, 0.1) is 34.5 Å². The van der Waals surface area contributed by atoms with Crippen molar-refractivity contribution >= 4 is 23.5 Å². The zero-order valence-electron chi connectivity index (χ0n) is 19.9.